The van der Waals surface area contributed by atoms with Crippen molar-refractivity contribution in [2.24, 2.45) is 0 Å². The number of ether oxygens (including phenoxy) is 3. The Morgan fingerprint density at radius 2 is 1.76 bits per heavy atom. The van der Waals surface area contributed by atoms with Gasteiger partial charge in [0.05, 0.1) is 17.1 Å². The van der Waals surface area contributed by atoms with E-state index in [0.717, 1.165) is 0 Å². The van der Waals surface area contributed by atoms with Gasteiger partial charge in [-0.2, -0.15) is 4.31 Å². The topological polar surface area (TPSA) is 94.2 Å². The zero-order chi connectivity index (χ0) is 20.6. The average molecular weight is 418 g/mol. The smallest absolute Gasteiger partial charge is 0.255 e. The van der Waals surface area contributed by atoms with Gasteiger partial charge in [0.1, 0.15) is 0 Å². The molecule has 0 bridgehead atoms. The fourth-order valence-electron chi connectivity index (χ4n) is 3.45. The van der Waals surface area contributed by atoms with E-state index >= 15 is 0 Å². The van der Waals surface area contributed by atoms with Gasteiger partial charge in [-0.3, -0.25) is 4.79 Å². The van der Waals surface area contributed by atoms with Crippen molar-refractivity contribution in [3.8, 4) is 11.5 Å². The maximum atomic E-state index is 13.0. The molecule has 29 heavy (non-hydrogen) atoms. The Labute approximate surface area is 169 Å². The summed E-state index contributed by atoms with van der Waals surface area (Å²) < 4.78 is 43.7. The number of sulfonamides is 1. The minimum atomic E-state index is -3.73. The molecular weight excluding hydrogens is 396 g/mol. The molecule has 1 amide bonds. The molecule has 0 saturated carbocycles. The highest BCUT2D eigenvalue weighted by molar-refractivity contribution is 7.89. The first-order chi connectivity index (χ1) is 13.8. The van der Waals surface area contributed by atoms with E-state index in [2.05, 4.69) is 5.32 Å². The molecule has 0 unspecified atom stereocenters. The number of fused-ring (bicyclic) bond motifs is 1. The summed E-state index contributed by atoms with van der Waals surface area (Å²) >= 11 is 0. The largest absolute Gasteiger partial charge is 0.454 e. The second kappa shape index (κ2) is 7.66. The fourth-order valence-corrected chi connectivity index (χ4v) is 5.09. The first-order valence-electron chi connectivity index (χ1n) is 9.29. The van der Waals surface area contributed by atoms with Gasteiger partial charge in [-0.15, -0.1) is 0 Å². The number of carbonyl (C=O) groups is 1. The van der Waals surface area contributed by atoms with Gasteiger partial charge >= 0.3 is 0 Å². The second-order valence-electron chi connectivity index (χ2n) is 7.13. The highest BCUT2D eigenvalue weighted by Gasteiger charge is 2.32. The Morgan fingerprint density at radius 1 is 1.03 bits per heavy atom. The lowest BCUT2D eigenvalue weighted by molar-refractivity contribution is -0.0440. The van der Waals surface area contributed by atoms with Crippen molar-refractivity contribution in [2.45, 2.75) is 31.0 Å². The predicted octanol–water partition coefficient (Wildman–Crippen LogP) is 2.47. The number of morpholine rings is 1. The van der Waals surface area contributed by atoms with E-state index in [4.69, 9.17) is 14.2 Å². The van der Waals surface area contributed by atoms with Gasteiger partial charge in [0, 0.05) is 30.4 Å². The van der Waals surface area contributed by atoms with Crippen LogP contribution in [0.2, 0.25) is 0 Å². The second-order valence-corrected chi connectivity index (χ2v) is 9.07. The van der Waals surface area contributed by atoms with Crippen molar-refractivity contribution in [1.82, 2.24) is 4.31 Å². The predicted molar refractivity (Wildman–Crippen MR) is 106 cm³/mol. The van der Waals surface area contributed by atoms with Gasteiger partial charge in [0.15, 0.2) is 11.5 Å². The average Bonchev–Trinajstić information content (AvgIpc) is 3.15. The van der Waals surface area contributed by atoms with E-state index in [1.165, 1.54) is 16.4 Å². The van der Waals surface area contributed by atoms with E-state index in [-0.39, 0.29) is 42.5 Å². The van der Waals surface area contributed by atoms with Crippen LogP contribution in [0.1, 0.15) is 24.2 Å². The molecule has 8 nitrogen and oxygen atoms in total. The fraction of sp³-hybridized carbons (Fsp3) is 0.350. The van der Waals surface area contributed by atoms with E-state index in [1.807, 2.05) is 13.8 Å². The van der Waals surface area contributed by atoms with Gasteiger partial charge in [-0.25, -0.2) is 8.42 Å². The molecule has 0 spiro atoms. The summed E-state index contributed by atoms with van der Waals surface area (Å²) in [7, 11) is -3.73. The number of anilines is 1. The molecule has 2 aromatic carbocycles. The number of rotatable bonds is 4. The van der Waals surface area contributed by atoms with Crippen molar-refractivity contribution in [3.05, 3.63) is 48.0 Å². The molecule has 1 N–H and O–H groups in total. The van der Waals surface area contributed by atoms with Crippen molar-refractivity contribution in [1.29, 1.82) is 0 Å². The Morgan fingerprint density at radius 3 is 2.52 bits per heavy atom. The van der Waals surface area contributed by atoms with Gasteiger partial charge in [0.25, 0.3) is 5.91 Å². The number of hydrogen-bond acceptors (Lipinski definition) is 6. The zero-order valence-electron chi connectivity index (χ0n) is 16.1. The third-order valence-corrected chi connectivity index (χ3v) is 6.58. The first kappa shape index (κ1) is 19.7. The molecule has 9 heteroatoms. The lowest BCUT2D eigenvalue weighted by atomic mass is 10.2. The van der Waals surface area contributed by atoms with Crippen LogP contribution >= 0.6 is 0 Å². The SMILES string of the molecule is C[C@@H]1CN(S(=O)(=O)c2cccc(C(=O)Nc3ccc4c(c3)OCO4)c2)C[C@@H](C)O1. The molecule has 2 aromatic rings. The molecule has 2 aliphatic heterocycles. The summed E-state index contributed by atoms with van der Waals surface area (Å²) in [5, 5.41) is 2.76. The van der Waals surface area contributed by atoms with Crippen LogP contribution in [0, 0.1) is 0 Å². The molecule has 0 aromatic heterocycles. The number of hydrogen-bond donors (Lipinski definition) is 1. The zero-order valence-corrected chi connectivity index (χ0v) is 16.9. The monoisotopic (exact) mass is 418 g/mol. The van der Waals surface area contributed by atoms with Gasteiger partial charge in [-0.05, 0) is 44.2 Å². The number of nitrogens with one attached hydrogen (secondary N) is 1. The molecule has 0 aliphatic carbocycles. The Kier molecular flexibility index (Phi) is 5.20. The van der Waals surface area contributed by atoms with Gasteiger partial charge in [-0.1, -0.05) is 6.07 Å². The van der Waals surface area contributed by atoms with Gasteiger partial charge < -0.3 is 19.5 Å². The van der Waals surface area contributed by atoms with Crippen molar-refractivity contribution in [3.63, 3.8) is 0 Å². The minimum Gasteiger partial charge on any atom is -0.454 e. The first-order valence-corrected chi connectivity index (χ1v) is 10.7. The standard InChI is InChI=1S/C20H22N2O6S/c1-13-10-22(11-14(2)28-13)29(24,25)17-5-3-4-15(8-17)20(23)21-16-6-7-18-19(9-16)27-12-26-18/h3-9,13-14H,10-12H2,1-2H3,(H,21,23)/t13-,14-/m1/s1. The number of benzene rings is 2. The molecule has 2 aliphatic rings. The Bertz CT molecular complexity index is 1030. The summed E-state index contributed by atoms with van der Waals surface area (Å²) in [4.78, 5) is 12.7. The molecule has 2 heterocycles. The molecule has 1 fully saturated rings. The summed E-state index contributed by atoms with van der Waals surface area (Å²) in [6.45, 7) is 4.38. The van der Waals surface area contributed by atoms with Crippen LogP contribution in [-0.4, -0.2) is 50.7 Å². The quantitative estimate of drug-likeness (QED) is 0.820. The van der Waals surface area contributed by atoms with Crippen LogP contribution in [0.5, 0.6) is 11.5 Å². The summed E-state index contributed by atoms with van der Waals surface area (Å²) in [6, 6.07) is 11.1. The molecule has 2 atom stereocenters. The Balaban J connectivity index is 1.54. The Hall–Kier alpha value is -2.62. The summed E-state index contributed by atoms with van der Waals surface area (Å²) in [5.41, 5.74) is 0.779. The summed E-state index contributed by atoms with van der Waals surface area (Å²) in [6.07, 6.45) is -0.378. The molecule has 4 rings (SSSR count). The lowest BCUT2D eigenvalue weighted by Gasteiger charge is -2.34. The molecule has 154 valence electrons. The van der Waals surface area contributed by atoms with Crippen LogP contribution < -0.4 is 14.8 Å². The van der Waals surface area contributed by atoms with E-state index in [9.17, 15) is 13.2 Å². The van der Waals surface area contributed by atoms with Crippen molar-refractivity contribution in [2.75, 3.05) is 25.2 Å². The van der Waals surface area contributed by atoms with E-state index in [1.54, 1.807) is 30.3 Å². The van der Waals surface area contributed by atoms with Crippen LogP contribution in [0.15, 0.2) is 47.4 Å². The maximum Gasteiger partial charge on any atom is 0.255 e. The number of nitrogens with zero attached hydrogens (tertiary/aromatic N) is 1. The van der Waals surface area contributed by atoms with Crippen molar-refractivity contribution < 1.29 is 27.4 Å². The number of amides is 1. The van der Waals surface area contributed by atoms with Gasteiger partial charge in [0.2, 0.25) is 16.8 Å². The normalized spacial score (nSPS) is 21.7. The molecular formula is C20H22N2O6S. The van der Waals surface area contributed by atoms with Crippen LogP contribution in [0.3, 0.4) is 0 Å². The van der Waals surface area contributed by atoms with E-state index in [0.29, 0.717) is 17.2 Å². The van der Waals surface area contributed by atoms with Crippen LogP contribution in [0.4, 0.5) is 5.69 Å². The molecule has 0 radical (unpaired) electrons. The maximum absolute atomic E-state index is 13.0. The third kappa shape index (κ3) is 4.07. The highest BCUT2D eigenvalue weighted by Crippen LogP contribution is 2.34. The van der Waals surface area contributed by atoms with Crippen LogP contribution in [0.25, 0.3) is 0 Å². The minimum absolute atomic E-state index is 0.0807. The number of carbonyl (C=O) groups excluding carboxylic acids is 1. The highest BCUT2D eigenvalue weighted by atomic mass is 32.2. The molecule has 1 saturated heterocycles. The lowest BCUT2D eigenvalue weighted by Crippen LogP contribution is -2.48. The summed E-state index contributed by atoms with van der Waals surface area (Å²) in [5.74, 6) is 0.754. The van der Waals surface area contributed by atoms with Crippen molar-refractivity contribution >= 4 is 21.6 Å². The van der Waals surface area contributed by atoms with Crippen LogP contribution in [-0.2, 0) is 14.8 Å². The third-order valence-electron chi connectivity index (χ3n) is 4.75. The van der Waals surface area contributed by atoms with E-state index < -0.39 is 15.9 Å².